The number of rotatable bonds is 4. The number of amides is 1. The molecule has 0 radical (unpaired) electrons. The van der Waals surface area contributed by atoms with Gasteiger partial charge in [0.05, 0.1) is 9.77 Å². The van der Waals surface area contributed by atoms with Crippen LogP contribution in [-0.2, 0) is 10.0 Å². The minimum Gasteiger partial charge on any atom is -0.321 e. The van der Waals surface area contributed by atoms with Crippen molar-refractivity contribution in [2.24, 2.45) is 0 Å². The Morgan fingerprint density at radius 2 is 1.78 bits per heavy atom. The highest BCUT2D eigenvalue weighted by molar-refractivity contribution is 7.89. The summed E-state index contributed by atoms with van der Waals surface area (Å²) in [5.74, 6) is -0.299. The summed E-state index contributed by atoms with van der Waals surface area (Å²) in [7, 11) is -0.595. The number of nitrogens with zero attached hydrogens (tertiary/aromatic N) is 1. The topological polar surface area (TPSA) is 66.5 Å². The van der Waals surface area contributed by atoms with Gasteiger partial charge in [-0.05, 0) is 44.0 Å². The van der Waals surface area contributed by atoms with Crippen LogP contribution in [0.4, 0.5) is 5.69 Å². The summed E-state index contributed by atoms with van der Waals surface area (Å²) in [6, 6.07) is 7.25. The number of carbonyl (C=O) groups excluding carboxylic acids is 1. The molecule has 1 aromatic carbocycles. The van der Waals surface area contributed by atoms with Crippen molar-refractivity contribution in [1.82, 2.24) is 4.31 Å². The Hall–Kier alpha value is -1.70. The van der Waals surface area contributed by atoms with E-state index in [-0.39, 0.29) is 10.8 Å². The van der Waals surface area contributed by atoms with Crippen molar-refractivity contribution in [3.8, 4) is 0 Å². The lowest BCUT2D eigenvalue weighted by atomic mass is 10.1. The SMILES string of the molecule is Cc1ccc(C)c(NC(=O)c2cc(S(=O)(=O)N(C)C)c(C)s2)c1. The Bertz CT molecular complexity index is 852. The molecule has 2 aromatic rings. The molecule has 0 fully saturated rings. The van der Waals surface area contributed by atoms with Gasteiger partial charge in [-0.1, -0.05) is 12.1 Å². The molecular formula is C16H20N2O3S2. The highest BCUT2D eigenvalue weighted by Gasteiger charge is 2.24. The van der Waals surface area contributed by atoms with Gasteiger partial charge in [-0.25, -0.2) is 12.7 Å². The van der Waals surface area contributed by atoms with Crippen LogP contribution in [0.5, 0.6) is 0 Å². The molecule has 5 nitrogen and oxygen atoms in total. The van der Waals surface area contributed by atoms with E-state index < -0.39 is 10.0 Å². The Morgan fingerprint density at radius 3 is 2.39 bits per heavy atom. The molecule has 0 aliphatic heterocycles. The molecule has 0 bridgehead atoms. The van der Waals surface area contributed by atoms with Gasteiger partial charge in [0, 0.05) is 24.7 Å². The van der Waals surface area contributed by atoms with Crippen molar-refractivity contribution in [2.45, 2.75) is 25.7 Å². The van der Waals surface area contributed by atoms with Crippen molar-refractivity contribution >= 4 is 33.0 Å². The molecule has 0 atom stereocenters. The predicted octanol–water partition coefficient (Wildman–Crippen LogP) is 3.18. The van der Waals surface area contributed by atoms with Gasteiger partial charge in [-0.15, -0.1) is 11.3 Å². The molecule has 23 heavy (non-hydrogen) atoms. The summed E-state index contributed by atoms with van der Waals surface area (Å²) in [5.41, 5.74) is 2.74. The van der Waals surface area contributed by atoms with E-state index in [2.05, 4.69) is 5.32 Å². The summed E-state index contributed by atoms with van der Waals surface area (Å²) >= 11 is 1.18. The van der Waals surface area contributed by atoms with Gasteiger partial charge in [0.25, 0.3) is 5.91 Å². The average Bonchev–Trinajstić information content (AvgIpc) is 2.85. The first-order valence-electron chi connectivity index (χ1n) is 7.04. The molecule has 1 amide bonds. The minimum absolute atomic E-state index is 0.179. The number of aryl methyl sites for hydroxylation is 3. The number of carbonyl (C=O) groups is 1. The molecule has 1 heterocycles. The molecule has 0 saturated carbocycles. The largest absolute Gasteiger partial charge is 0.321 e. The third kappa shape index (κ3) is 3.63. The zero-order chi connectivity index (χ0) is 17.4. The highest BCUT2D eigenvalue weighted by atomic mass is 32.2. The summed E-state index contributed by atoms with van der Waals surface area (Å²) in [5, 5.41) is 2.85. The second-order valence-corrected chi connectivity index (χ2v) is 8.97. The van der Waals surface area contributed by atoms with Gasteiger partial charge in [0.1, 0.15) is 0 Å². The van der Waals surface area contributed by atoms with Gasteiger partial charge in [-0.2, -0.15) is 0 Å². The Kier molecular flexibility index (Phi) is 4.93. The van der Waals surface area contributed by atoms with Gasteiger partial charge in [0.15, 0.2) is 0 Å². The van der Waals surface area contributed by atoms with E-state index >= 15 is 0 Å². The maximum absolute atomic E-state index is 12.4. The number of thiophene rings is 1. The third-order valence-corrected chi connectivity index (χ3v) is 6.62. The number of anilines is 1. The first-order chi connectivity index (χ1) is 10.6. The second kappa shape index (κ2) is 6.43. The molecule has 2 rings (SSSR count). The monoisotopic (exact) mass is 352 g/mol. The molecule has 7 heteroatoms. The van der Waals surface area contributed by atoms with Crippen molar-refractivity contribution in [3.63, 3.8) is 0 Å². The second-order valence-electron chi connectivity index (χ2n) is 5.59. The van der Waals surface area contributed by atoms with Crippen molar-refractivity contribution in [1.29, 1.82) is 0 Å². The number of nitrogens with one attached hydrogen (secondary N) is 1. The van der Waals surface area contributed by atoms with Crippen LogP contribution in [-0.4, -0.2) is 32.7 Å². The van der Waals surface area contributed by atoms with Crippen LogP contribution < -0.4 is 5.32 Å². The lowest BCUT2D eigenvalue weighted by Gasteiger charge is -2.10. The normalized spacial score (nSPS) is 11.7. The number of hydrogen-bond acceptors (Lipinski definition) is 4. The first kappa shape index (κ1) is 17.7. The smallest absolute Gasteiger partial charge is 0.265 e. The molecule has 0 saturated heterocycles. The van der Waals surface area contributed by atoms with Crippen LogP contribution in [0.15, 0.2) is 29.2 Å². The van der Waals surface area contributed by atoms with Crippen LogP contribution in [0.25, 0.3) is 0 Å². The zero-order valence-electron chi connectivity index (χ0n) is 13.8. The van der Waals surface area contributed by atoms with Crippen LogP contribution in [0.1, 0.15) is 25.7 Å². The van der Waals surface area contributed by atoms with E-state index in [1.165, 1.54) is 31.5 Å². The van der Waals surface area contributed by atoms with Gasteiger partial charge >= 0.3 is 0 Å². The Labute approximate surface area is 141 Å². The van der Waals surface area contributed by atoms with E-state index in [0.717, 1.165) is 21.1 Å². The predicted molar refractivity (Wildman–Crippen MR) is 93.8 cm³/mol. The molecule has 0 aliphatic rings. The maximum Gasteiger partial charge on any atom is 0.265 e. The van der Waals surface area contributed by atoms with E-state index in [1.807, 2.05) is 32.0 Å². The molecule has 0 aliphatic carbocycles. The first-order valence-corrected chi connectivity index (χ1v) is 9.30. The molecular weight excluding hydrogens is 332 g/mol. The van der Waals surface area contributed by atoms with Crippen LogP contribution in [0.2, 0.25) is 0 Å². The lowest BCUT2D eigenvalue weighted by molar-refractivity contribution is 0.103. The fraction of sp³-hybridized carbons (Fsp3) is 0.312. The molecule has 1 aromatic heterocycles. The molecule has 0 spiro atoms. The summed E-state index contributed by atoms with van der Waals surface area (Å²) in [6.45, 7) is 5.57. The van der Waals surface area contributed by atoms with Crippen molar-refractivity contribution in [2.75, 3.05) is 19.4 Å². The fourth-order valence-electron chi connectivity index (χ4n) is 2.08. The van der Waals surface area contributed by atoms with E-state index in [1.54, 1.807) is 6.92 Å². The summed E-state index contributed by atoms with van der Waals surface area (Å²) in [4.78, 5) is 13.6. The summed E-state index contributed by atoms with van der Waals surface area (Å²) in [6.07, 6.45) is 0. The Morgan fingerprint density at radius 1 is 1.13 bits per heavy atom. The average molecular weight is 352 g/mol. The van der Waals surface area contributed by atoms with Crippen LogP contribution in [0, 0.1) is 20.8 Å². The molecule has 1 N–H and O–H groups in total. The maximum atomic E-state index is 12.4. The third-order valence-electron chi connectivity index (χ3n) is 3.50. The van der Waals surface area contributed by atoms with Gasteiger partial charge in [-0.3, -0.25) is 4.79 Å². The van der Waals surface area contributed by atoms with E-state index in [0.29, 0.717) is 9.75 Å². The van der Waals surface area contributed by atoms with Crippen LogP contribution >= 0.6 is 11.3 Å². The number of hydrogen-bond donors (Lipinski definition) is 1. The van der Waals surface area contributed by atoms with Gasteiger partial charge in [0.2, 0.25) is 10.0 Å². The van der Waals surface area contributed by atoms with Crippen LogP contribution in [0.3, 0.4) is 0 Å². The standard InChI is InChI=1S/C16H20N2O3S2/c1-10-6-7-11(2)13(8-10)17-16(19)14-9-15(12(3)22-14)23(20,21)18(4)5/h6-9H,1-5H3,(H,17,19). The zero-order valence-corrected chi connectivity index (χ0v) is 15.4. The molecule has 124 valence electrons. The fourth-order valence-corrected chi connectivity index (χ4v) is 4.43. The van der Waals surface area contributed by atoms with Crippen molar-refractivity contribution < 1.29 is 13.2 Å². The van der Waals surface area contributed by atoms with E-state index in [9.17, 15) is 13.2 Å². The molecule has 0 unspecified atom stereocenters. The van der Waals surface area contributed by atoms with Gasteiger partial charge < -0.3 is 5.32 Å². The number of benzene rings is 1. The quantitative estimate of drug-likeness (QED) is 0.919. The van der Waals surface area contributed by atoms with Crippen molar-refractivity contribution in [3.05, 3.63) is 45.1 Å². The minimum atomic E-state index is -3.54. The lowest BCUT2D eigenvalue weighted by Crippen LogP contribution is -2.22. The Balaban J connectivity index is 2.33. The van der Waals surface area contributed by atoms with E-state index in [4.69, 9.17) is 0 Å². The summed E-state index contributed by atoms with van der Waals surface area (Å²) < 4.78 is 25.6. The highest BCUT2D eigenvalue weighted by Crippen LogP contribution is 2.28. The number of sulfonamides is 1.